The van der Waals surface area contributed by atoms with Gasteiger partial charge in [0, 0.05) is 24.5 Å². The van der Waals surface area contributed by atoms with Gasteiger partial charge in [0.2, 0.25) is 0 Å². The van der Waals surface area contributed by atoms with Gasteiger partial charge in [0.05, 0.1) is 6.10 Å². The lowest BCUT2D eigenvalue weighted by atomic mass is 9.89. The molecule has 0 amide bonds. The van der Waals surface area contributed by atoms with Crippen molar-refractivity contribution in [2.45, 2.75) is 31.0 Å². The van der Waals surface area contributed by atoms with E-state index >= 15 is 0 Å². The monoisotopic (exact) mass is 232 g/mol. The van der Waals surface area contributed by atoms with Crippen molar-refractivity contribution in [1.29, 1.82) is 0 Å². The van der Waals surface area contributed by atoms with E-state index in [-0.39, 0.29) is 12.0 Å². The minimum absolute atomic E-state index is 0.118. The van der Waals surface area contributed by atoms with Crippen LogP contribution in [-0.2, 0) is 0 Å². The van der Waals surface area contributed by atoms with Crippen LogP contribution < -0.4 is 5.73 Å². The molecular weight excluding hydrogens is 212 g/mol. The lowest BCUT2D eigenvalue weighted by Crippen LogP contribution is -2.39. The normalized spacial score (nSPS) is 34.8. The Hall–Kier alpha value is -0.900. The van der Waals surface area contributed by atoms with Gasteiger partial charge in [-0.15, -0.1) is 0 Å². The van der Waals surface area contributed by atoms with E-state index in [4.69, 9.17) is 5.73 Å². The molecule has 0 aromatic heterocycles. The minimum Gasteiger partial charge on any atom is -0.388 e. The highest BCUT2D eigenvalue weighted by molar-refractivity contribution is 5.20. The summed E-state index contributed by atoms with van der Waals surface area (Å²) >= 11 is 0. The first kappa shape index (κ1) is 11.2. The highest BCUT2D eigenvalue weighted by Crippen LogP contribution is 2.37. The Morgan fingerprint density at radius 1 is 1.29 bits per heavy atom. The molecule has 1 aromatic carbocycles. The molecule has 2 fully saturated rings. The number of nitrogens with two attached hydrogens (primary N) is 1. The summed E-state index contributed by atoms with van der Waals surface area (Å²) in [6.45, 7) is 2.10. The van der Waals surface area contributed by atoms with Crippen LogP contribution in [0.3, 0.4) is 0 Å². The van der Waals surface area contributed by atoms with Gasteiger partial charge < -0.3 is 10.8 Å². The van der Waals surface area contributed by atoms with Crippen molar-refractivity contribution in [3.05, 3.63) is 35.9 Å². The number of benzene rings is 1. The Labute approximate surface area is 102 Å². The second-order valence-electron chi connectivity index (χ2n) is 5.30. The molecule has 1 aromatic rings. The van der Waals surface area contributed by atoms with Gasteiger partial charge in [0.1, 0.15) is 0 Å². The smallest absolute Gasteiger partial charge is 0.0845 e. The zero-order chi connectivity index (χ0) is 11.8. The Morgan fingerprint density at radius 2 is 2.06 bits per heavy atom. The first-order valence-corrected chi connectivity index (χ1v) is 6.50. The first-order valence-electron chi connectivity index (χ1n) is 6.50. The molecule has 0 spiro atoms. The molecule has 0 saturated carbocycles. The van der Waals surface area contributed by atoms with Gasteiger partial charge in [-0.3, -0.25) is 4.90 Å². The molecule has 0 unspecified atom stereocenters. The maximum atomic E-state index is 10.4. The average molecular weight is 232 g/mol. The van der Waals surface area contributed by atoms with Crippen LogP contribution in [-0.4, -0.2) is 35.2 Å². The third-order valence-electron chi connectivity index (χ3n) is 4.34. The third-order valence-corrected chi connectivity index (χ3v) is 4.34. The molecule has 0 aliphatic carbocycles. The molecule has 3 N–H and O–H groups in total. The molecule has 92 valence electrons. The molecular formula is C14H20N2O. The Balaban J connectivity index is 1.77. The summed E-state index contributed by atoms with van der Waals surface area (Å²) in [5.74, 6) is 0.183. The van der Waals surface area contributed by atoms with Crippen LogP contribution in [0, 0.1) is 5.92 Å². The van der Waals surface area contributed by atoms with Crippen molar-refractivity contribution in [3.8, 4) is 0 Å². The highest BCUT2D eigenvalue weighted by atomic mass is 16.3. The number of rotatable bonds is 2. The number of aliphatic hydroxyl groups excluding tert-OH is 1. The van der Waals surface area contributed by atoms with Crippen molar-refractivity contribution < 1.29 is 5.11 Å². The summed E-state index contributed by atoms with van der Waals surface area (Å²) in [6, 6.07) is 10.5. The maximum absolute atomic E-state index is 10.4. The van der Waals surface area contributed by atoms with E-state index in [0.29, 0.717) is 6.04 Å². The largest absolute Gasteiger partial charge is 0.388 e. The predicted octanol–water partition coefficient (Wildman–Crippen LogP) is 1.14. The zero-order valence-electron chi connectivity index (χ0n) is 10.00. The van der Waals surface area contributed by atoms with Crippen LogP contribution in [0.1, 0.15) is 24.5 Å². The highest BCUT2D eigenvalue weighted by Gasteiger charge is 2.44. The molecule has 2 heterocycles. The van der Waals surface area contributed by atoms with Gasteiger partial charge in [-0.2, -0.15) is 0 Å². The molecule has 2 aliphatic heterocycles. The fourth-order valence-electron chi connectivity index (χ4n) is 3.40. The quantitative estimate of drug-likeness (QED) is 0.804. The summed E-state index contributed by atoms with van der Waals surface area (Å²) in [7, 11) is 0. The van der Waals surface area contributed by atoms with Gasteiger partial charge in [-0.05, 0) is 24.9 Å². The van der Waals surface area contributed by atoms with Crippen LogP contribution in [0.2, 0.25) is 0 Å². The summed E-state index contributed by atoms with van der Waals surface area (Å²) in [5, 5.41) is 10.4. The van der Waals surface area contributed by atoms with Crippen molar-refractivity contribution in [2.24, 2.45) is 11.7 Å². The predicted molar refractivity (Wildman–Crippen MR) is 67.5 cm³/mol. The van der Waals surface area contributed by atoms with Gasteiger partial charge >= 0.3 is 0 Å². The van der Waals surface area contributed by atoms with E-state index < -0.39 is 6.10 Å². The second-order valence-corrected chi connectivity index (χ2v) is 5.30. The number of fused-ring (bicyclic) bond motifs is 1. The maximum Gasteiger partial charge on any atom is 0.0845 e. The standard InChI is InChI=1S/C14H20N2O/c15-13-11(9-16-8-4-7-12(13)16)14(17)10-5-2-1-3-6-10/h1-3,5-6,11-14,17H,4,7-9,15H2/t11-,12+,13-,14+/m1/s1. The molecule has 4 atom stereocenters. The zero-order valence-corrected chi connectivity index (χ0v) is 10.00. The second kappa shape index (κ2) is 4.41. The molecule has 17 heavy (non-hydrogen) atoms. The van der Waals surface area contributed by atoms with E-state index in [1.807, 2.05) is 30.3 Å². The van der Waals surface area contributed by atoms with Crippen LogP contribution in [0.4, 0.5) is 0 Å². The lowest BCUT2D eigenvalue weighted by molar-refractivity contribution is 0.103. The van der Waals surface area contributed by atoms with Crippen molar-refractivity contribution in [2.75, 3.05) is 13.1 Å². The Bertz CT molecular complexity index is 381. The molecule has 0 bridgehead atoms. The number of nitrogens with zero attached hydrogens (tertiary/aromatic N) is 1. The summed E-state index contributed by atoms with van der Waals surface area (Å²) in [6.07, 6.45) is 2.03. The van der Waals surface area contributed by atoms with Crippen LogP contribution >= 0.6 is 0 Å². The van der Waals surface area contributed by atoms with E-state index in [0.717, 1.165) is 18.7 Å². The minimum atomic E-state index is -0.420. The van der Waals surface area contributed by atoms with Gasteiger partial charge in [-0.1, -0.05) is 30.3 Å². The first-order chi connectivity index (χ1) is 8.27. The summed E-state index contributed by atoms with van der Waals surface area (Å²) in [5.41, 5.74) is 7.30. The van der Waals surface area contributed by atoms with E-state index in [9.17, 15) is 5.11 Å². The summed E-state index contributed by atoms with van der Waals surface area (Å²) in [4.78, 5) is 2.45. The molecule has 3 nitrogen and oxygen atoms in total. The van der Waals surface area contributed by atoms with Crippen LogP contribution in [0.15, 0.2) is 30.3 Å². The Morgan fingerprint density at radius 3 is 2.76 bits per heavy atom. The Kier molecular flexibility index (Phi) is 2.90. The van der Waals surface area contributed by atoms with Crippen LogP contribution in [0.25, 0.3) is 0 Å². The molecule has 3 rings (SSSR count). The average Bonchev–Trinajstić information content (AvgIpc) is 2.93. The van der Waals surface area contributed by atoms with Crippen molar-refractivity contribution >= 4 is 0 Å². The van der Waals surface area contributed by atoms with Crippen molar-refractivity contribution in [3.63, 3.8) is 0 Å². The lowest BCUT2D eigenvalue weighted by Gasteiger charge is -2.23. The SMILES string of the molecule is N[C@@H]1[C@H]([C@@H](O)c2ccccc2)CN2CCC[C@@H]12. The van der Waals surface area contributed by atoms with Gasteiger partial charge in [0.15, 0.2) is 0 Å². The molecule has 2 aliphatic rings. The fourth-order valence-corrected chi connectivity index (χ4v) is 3.40. The fraction of sp³-hybridized carbons (Fsp3) is 0.571. The van der Waals surface area contributed by atoms with E-state index in [2.05, 4.69) is 4.90 Å². The van der Waals surface area contributed by atoms with Crippen molar-refractivity contribution in [1.82, 2.24) is 4.90 Å². The number of hydrogen-bond donors (Lipinski definition) is 2. The van der Waals surface area contributed by atoms with E-state index in [1.54, 1.807) is 0 Å². The molecule has 0 radical (unpaired) electrons. The number of hydrogen-bond acceptors (Lipinski definition) is 3. The number of aliphatic hydroxyl groups is 1. The molecule has 2 saturated heterocycles. The van der Waals surface area contributed by atoms with Crippen LogP contribution in [0.5, 0.6) is 0 Å². The van der Waals surface area contributed by atoms with Gasteiger partial charge in [0.25, 0.3) is 0 Å². The summed E-state index contributed by atoms with van der Waals surface area (Å²) < 4.78 is 0. The van der Waals surface area contributed by atoms with Gasteiger partial charge in [-0.25, -0.2) is 0 Å². The third kappa shape index (κ3) is 1.88. The molecule has 3 heteroatoms. The van der Waals surface area contributed by atoms with E-state index in [1.165, 1.54) is 12.8 Å². The topological polar surface area (TPSA) is 49.5 Å².